The van der Waals surface area contributed by atoms with Gasteiger partial charge in [0.1, 0.15) is 17.5 Å². The Labute approximate surface area is 206 Å². The van der Waals surface area contributed by atoms with Gasteiger partial charge in [-0.3, -0.25) is 4.79 Å². The Kier molecular flexibility index (Phi) is 8.75. The molecule has 2 N–H and O–H groups in total. The second-order valence-electron chi connectivity index (χ2n) is 9.04. The number of ether oxygens (including phenoxy) is 4. The molecule has 0 aromatic heterocycles. The van der Waals surface area contributed by atoms with Crippen molar-refractivity contribution < 1.29 is 33.6 Å². The van der Waals surface area contributed by atoms with Crippen molar-refractivity contribution in [2.45, 2.75) is 50.9 Å². The van der Waals surface area contributed by atoms with Gasteiger partial charge in [0.15, 0.2) is 5.60 Å². The minimum absolute atomic E-state index is 0.0200. The van der Waals surface area contributed by atoms with Crippen molar-refractivity contribution in [2.75, 3.05) is 27.9 Å². The minimum atomic E-state index is -1.19. The molecule has 8 nitrogen and oxygen atoms in total. The first-order chi connectivity index (χ1) is 16.8. The second-order valence-corrected chi connectivity index (χ2v) is 9.04. The van der Waals surface area contributed by atoms with E-state index >= 15 is 0 Å². The predicted octanol–water partition coefficient (Wildman–Crippen LogP) is 3.70. The van der Waals surface area contributed by atoms with Crippen LogP contribution in [0.3, 0.4) is 0 Å². The van der Waals surface area contributed by atoms with Crippen LogP contribution in [0.2, 0.25) is 0 Å². The molecular weight excluding hydrogens is 450 g/mol. The van der Waals surface area contributed by atoms with Crippen LogP contribution in [0, 0.1) is 5.92 Å². The fourth-order valence-electron chi connectivity index (χ4n) is 4.85. The van der Waals surface area contributed by atoms with Gasteiger partial charge >= 0.3 is 5.97 Å². The Hall–Kier alpha value is -3.10. The van der Waals surface area contributed by atoms with E-state index in [1.165, 1.54) is 0 Å². The summed E-state index contributed by atoms with van der Waals surface area (Å²) in [7, 11) is 4.75. The topological polar surface area (TPSA) is 103 Å². The molecule has 1 heterocycles. The third-order valence-electron chi connectivity index (χ3n) is 6.47. The van der Waals surface area contributed by atoms with Crippen LogP contribution in [0.1, 0.15) is 32.3 Å². The van der Waals surface area contributed by atoms with Crippen molar-refractivity contribution >= 4 is 11.9 Å². The van der Waals surface area contributed by atoms with Gasteiger partial charge in [0.25, 0.3) is 5.91 Å². The van der Waals surface area contributed by atoms with Crippen molar-refractivity contribution in [1.29, 1.82) is 0 Å². The van der Waals surface area contributed by atoms with E-state index in [9.17, 15) is 14.7 Å². The number of aliphatic carboxylic acids is 1. The molecular formula is C27H35NO7. The van der Waals surface area contributed by atoms with E-state index in [0.717, 1.165) is 16.7 Å². The molecule has 8 heteroatoms. The molecule has 1 fully saturated rings. The van der Waals surface area contributed by atoms with Crippen molar-refractivity contribution in [3.63, 3.8) is 0 Å². The Balaban J connectivity index is 1.81. The number of carbonyl (C=O) groups excluding carboxylic acids is 1. The second kappa shape index (κ2) is 11.6. The predicted molar refractivity (Wildman–Crippen MR) is 132 cm³/mol. The molecule has 0 radical (unpaired) electrons. The summed E-state index contributed by atoms with van der Waals surface area (Å²) in [6.07, 6.45) is 0.845. The maximum absolute atomic E-state index is 13.4. The van der Waals surface area contributed by atoms with Gasteiger partial charge < -0.3 is 29.4 Å². The molecule has 2 aromatic rings. The van der Waals surface area contributed by atoms with E-state index in [1.807, 2.05) is 56.3 Å². The fourth-order valence-corrected chi connectivity index (χ4v) is 4.85. The number of carboxylic acids is 1. The molecule has 1 aliphatic heterocycles. The van der Waals surface area contributed by atoms with Crippen molar-refractivity contribution in [3.05, 3.63) is 48.0 Å². The highest BCUT2D eigenvalue weighted by Crippen LogP contribution is 2.38. The number of nitrogens with one attached hydrogen (secondary N) is 1. The molecule has 1 aliphatic rings. The molecule has 0 spiro atoms. The van der Waals surface area contributed by atoms with E-state index < -0.39 is 29.6 Å². The Morgan fingerprint density at radius 3 is 2.14 bits per heavy atom. The molecule has 1 amide bonds. The maximum Gasteiger partial charge on any atom is 0.326 e. The zero-order valence-electron chi connectivity index (χ0n) is 21.0. The molecule has 0 saturated carbocycles. The zero-order chi connectivity index (χ0) is 25.6. The number of carboxylic acid groups (broad SMARTS) is 1. The van der Waals surface area contributed by atoms with E-state index in [4.69, 9.17) is 18.9 Å². The largest absolute Gasteiger partial charge is 0.496 e. The summed E-state index contributed by atoms with van der Waals surface area (Å²) in [5.41, 5.74) is 1.26. The summed E-state index contributed by atoms with van der Waals surface area (Å²) >= 11 is 0. The molecule has 2 unspecified atom stereocenters. The van der Waals surface area contributed by atoms with Gasteiger partial charge in [0.2, 0.25) is 0 Å². The van der Waals surface area contributed by atoms with Gasteiger partial charge in [-0.15, -0.1) is 0 Å². The lowest BCUT2D eigenvalue weighted by Crippen LogP contribution is -2.60. The lowest BCUT2D eigenvalue weighted by molar-refractivity contribution is -0.166. The SMILES string of the molecule is COc1cccc(OC)c1-c1ccc(C[C@H](NC(=O)C2(C(OC)C(C)C)CCCO2)C(=O)O)cc1. The summed E-state index contributed by atoms with van der Waals surface area (Å²) in [5.74, 6) is -0.189. The minimum Gasteiger partial charge on any atom is -0.496 e. The third-order valence-corrected chi connectivity index (χ3v) is 6.47. The number of amides is 1. The molecule has 1 saturated heterocycles. The first kappa shape index (κ1) is 26.5. The van der Waals surface area contributed by atoms with Crippen LogP contribution in [-0.4, -0.2) is 62.7 Å². The Bertz CT molecular complexity index is 990. The average molecular weight is 486 g/mol. The Morgan fingerprint density at radius 2 is 1.69 bits per heavy atom. The van der Waals surface area contributed by atoms with Crippen molar-refractivity contribution in [2.24, 2.45) is 5.92 Å². The number of rotatable bonds is 11. The summed E-state index contributed by atoms with van der Waals surface area (Å²) in [4.78, 5) is 25.4. The molecule has 2 aromatic carbocycles. The van der Waals surface area contributed by atoms with Crippen LogP contribution in [0.5, 0.6) is 11.5 Å². The number of hydrogen-bond acceptors (Lipinski definition) is 6. The highest BCUT2D eigenvalue weighted by molar-refractivity contribution is 5.90. The monoisotopic (exact) mass is 485 g/mol. The van der Waals surface area contributed by atoms with Crippen LogP contribution in [0.15, 0.2) is 42.5 Å². The smallest absolute Gasteiger partial charge is 0.326 e. The van der Waals surface area contributed by atoms with Crippen molar-refractivity contribution in [3.8, 4) is 22.6 Å². The molecule has 0 bridgehead atoms. The fraction of sp³-hybridized carbons (Fsp3) is 0.481. The standard InChI is InChI=1S/C27H35NO7/c1-17(2)24(34-5)27(14-7-15-35-27)26(31)28-20(25(29)30)16-18-10-12-19(13-11-18)23-21(32-3)8-6-9-22(23)33-4/h6,8-13,17,20,24H,7,14-16H2,1-5H3,(H,28,31)(H,29,30)/t20-,24?,27?/m0/s1. The first-order valence-corrected chi connectivity index (χ1v) is 11.8. The maximum atomic E-state index is 13.4. The van der Waals surface area contributed by atoms with Crippen LogP contribution in [0.25, 0.3) is 11.1 Å². The van der Waals surface area contributed by atoms with E-state index in [1.54, 1.807) is 21.3 Å². The van der Waals surface area contributed by atoms with E-state index in [-0.39, 0.29) is 12.3 Å². The highest BCUT2D eigenvalue weighted by Gasteiger charge is 2.51. The van der Waals surface area contributed by atoms with Gasteiger partial charge in [-0.25, -0.2) is 4.79 Å². The lowest BCUT2D eigenvalue weighted by Gasteiger charge is -2.37. The van der Waals surface area contributed by atoms with E-state index in [2.05, 4.69) is 5.32 Å². The average Bonchev–Trinajstić information content (AvgIpc) is 3.34. The van der Waals surface area contributed by atoms with Crippen LogP contribution >= 0.6 is 0 Å². The summed E-state index contributed by atoms with van der Waals surface area (Å²) in [6, 6.07) is 11.9. The van der Waals surface area contributed by atoms with Gasteiger partial charge in [-0.1, -0.05) is 44.2 Å². The number of methoxy groups -OCH3 is 3. The normalized spacial score (nSPS) is 19.3. The van der Waals surface area contributed by atoms with Crippen molar-refractivity contribution in [1.82, 2.24) is 5.32 Å². The summed E-state index contributed by atoms with van der Waals surface area (Å²) in [6.45, 7) is 4.35. The van der Waals surface area contributed by atoms with Crippen LogP contribution in [0.4, 0.5) is 0 Å². The molecule has 3 atom stereocenters. The molecule has 3 rings (SSSR count). The zero-order valence-corrected chi connectivity index (χ0v) is 21.0. The highest BCUT2D eigenvalue weighted by atomic mass is 16.6. The van der Waals surface area contributed by atoms with E-state index in [0.29, 0.717) is 30.9 Å². The molecule has 190 valence electrons. The number of hydrogen-bond donors (Lipinski definition) is 2. The molecule has 0 aliphatic carbocycles. The van der Waals surface area contributed by atoms with Gasteiger partial charge in [-0.2, -0.15) is 0 Å². The van der Waals surface area contributed by atoms with Crippen LogP contribution < -0.4 is 14.8 Å². The van der Waals surface area contributed by atoms with Gasteiger partial charge in [-0.05, 0) is 42.0 Å². The lowest BCUT2D eigenvalue weighted by atomic mass is 9.85. The Morgan fingerprint density at radius 1 is 1.06 bits per heavy atom. The number of benzene rings is 2. The number of carbonyl (C=O) groups is 2. The third kappa shape index (κ3) is 5.60. The first-order valence-electron chi connectivity index (χ1n) is 11.8. The molecule has 35 heavy (non-hydrogen) atoms. The van der Waals surface area contributed by atoms with Gasteiger partial charge in [0.05, 0.1) is 25.9 Å². The summed E-state index contributed by atoms with van der Waals surface area (Å²) in [5, 5.41) is 12.6. The van der Waals surface area contributed by atoms with Crippen LogP contribution in [-0.2, 0) is 25.5 Å². The quantitative estimate of drug-likeness (QED) is 0.500. The summed E-state index contributed by atoms with van der Waals surface area (Å²) < 4.78 is 22.5. The van der Waals surface area contributed by atoms with Gasteiger partial charge in [0, 0.05) is 20.1 Å².